The number of aromatic amines is 1. The first-order valence-corrected chi connectivity index (χ1v) is 10.4. The lowest BCUT2D eigenvalue weighted by Crippen LogP contribution is -2.40. The molecule has 2 atom stereocenters. The lowest BCUT2D eigenvalue weighted by atomic mass is 10.0. The Morgan fingerprint density at radius 3 is 2.84 bits per heavy atom. The molecule has 1 saturated carbocycles. The van der Waals surface area contributed by atoms with Crippen molar-refractivity contribution >= 4 is 29.2 Å². The Balaban J connectivity index is 1.54. The number of nitrogens with one attached hydrogen (secondary N) is 2. The van der Waals surface area contributed by atoms with E-state index >= 15 is 0 Å². The van der Waals surface area contributed by atoms with Crippen LogP contribution >= 0.6 is 11.3 Å². The molecule has 2 aromatic heterocycles. The summed E-state index contributed by atoms with van der Waals surface area (Å²) in [6.07, 6.45) is -3.89. The second-order valence-corrected chi connectivity index (χ2v) is 8.29. The second-order valence-electron chi connectivity index (χ2n) is 7.22. The smallest absolute Gasteiger partial charge is 0.407 e. The summed E-state index contributed by atoms with van der Waals surface area (Å²) in [5.74, 6) is -0.0678. The normalized spacial score (nSPS) is 18.7. The minimum absolute atomic E-state index is 0.0640. The van der Waals surface area contributed by atoms with Crippen LogP contribution in [-0.4, -0.2) is 63.1 Å². The highest BCUT2D eigenvalue weighted by Crippen LogP contribution is 2.37. The van der Waals surface area contributed by atoms with Crippen molar-refractivity contribution in [3.05, 3.63) is 23.0 Å². The predicted molar refractivity (Wildman–Crippen MR) is 105 cm³/mol. The summed E-state index contributed by atoms with van der Waals surface area (Å²) in [7, 11) is 1.52. The number of alkyl halides is 3. The molecule has 170 valence electrons. The van der Waals surface area contributed by atoms with Gasteiger partial charge in [0.15, 0.2) is 10.9 Å². The van der Waals surface area contributed by atoms with Crippen LogP contribution in [0.5, 0.6) is 5.06 Å². The number of H-pyrrole nitrogens is 1. The summed E-state index contributed by atoms with van der Waals surface area (Å²) in [6.45, 7) is -0.581. The number of amides is 2. The predicted octanol–water partition coefficient (Wildman–Crippen LogP) is 3.62. The van der Waals surface area contributed by atoms with Gasteiger partial charge in [0.2, 0.25) is 5.91 Å². The van der Waals surface area contributed by atoms with E-state index in [1.54, 1.807) is 6.07 Å². The van der Waals surface area contributed by atoms with Crippen LogP contribution in [0.15, 0.2) is 12.3 Å². The molecule has 0 radical (unpaired) electrons. The summed E-state index contributed by atoms with van der Waals surface area (Å²) in [5, 5.41) is 20.1. The first kappa shape index (κ1) is 22.8. The monoisotopic (exact) mass is 461 g/mol. The fourth-order valence-corrected chi connectivity index (χ4v) is 4.34. The zero-order chi connectivity index (χ0) is 22.6. The van der Waals surface area contributed by atoms with E-state index < -0.39 is 31.3 Å². The molecule has 13 heteroatoms. The fourth-order valence-electron chi connectivity index (χ4n) is 3.61. The van der Waals surface area contributed by atoms with Crippen molar-refractivity contribution < 1.29 is 32.6 Å². The number of thiazole rings is 1. The van der Waals surface area contributed by atoms with Gasteiger partial charge in [-0.3, -0.25) is 9.89 Å². The van der Waals surface area contributed by atoms with Gasteiger partial charge < -0.3 is 20.1 Å². The van der Waals surface area contributed by atoms with Crippen molar-refractivity contribution in [2.24, 2.45) is 0 Å². The molecule has 2 unspecified atom stereocenters. The number of ether oxygens (including phenoxy) is 1. The number of carbonyl (C=O) groups is 2. The van der Waals surface area contributed by atoms with Gasteiger partial charge in [-0.25, -0.2) is 9.78 Å². The molecule has 9 nitrogen and oxygen atoms in total. The van der Waals surface area contributed by atoms with E-state index in [0.29, 0.717) is 40.8 Å². The van der Waals surface area contributed by atoms with Gasteiger partial charge in [0.25, 0.3) is 0 Å². The number of carbonyl (C=O) groups excluding carboxylic acids is 1. The van der Waals surface area contributed by atoms with Crippen molar-refractivity contribution in [2.75, 3.05) is 19.0 Å². The first-order valence-electron chi connectivity index (χ1n) is 9.54. The van der Waals surface area contributed by atoms with Crippen molar-refractivity contribution in [1.82, 2.24) is 20.1 Å². The zero-order valence-electron chi connectivity index (χ0n) is 16.6. The standard InChI is InChI=1S/C18H22F3N5O4S/c1-30-16-9-22-15(31-16)8-14(27)23-13-7-12(24-25-13)10-2-3-11(6-10)26(17(28)29)5-4-18(19,20)21/h7,9-11H,2-6,8H2,1H3,(H,28,29)(H2,23,24,25,27). The average Bonchev–Trinajstić information content (AvgIpc) is 3.41. The van der Waals surface area contributed by atoms with Gasteiger partial charge in [-0.1, -0.05) is 11.3 Å². The average molecular weight is 461 g/mol. The highest BCUT2D eigenvalue weighted by Gasteiger charge is 2.36. The Morgan fingerprint density at radius 1 is 1.42 bits per heavy atom. The summed E-state index contributed by atoms with van der Waals surface area (Å²) < 4.78 is 42.5. The summed E-state index contributed by atoms with van der Waals surface area (Å²) in [4.78, 5) is 28.6. The van der Waals surface area contributed by atoms with Crippen LogP contribution in [0.25, 0.3) is 0 Å². The number of nitrogens with zero attached hydrogens (tertiary/aromatic N) is 3. The number of hydrogen-bond acceptors (Lipinski definition) is 6. The minimum atomic E-state index is -4.41. The van der Waals surface area contributed by atoms with Gasteiger partial charge in [-0.15, -0.1) is 0 Å². The Labute approximate surface area is 179 Å². The van der Waals surface area contributed by atoms with E-state index in [9.17, 15) is 27.9 Å². The summed E-state index contributed by atoms with van der Waals surface area (Å²) in [5.41, 5.74) is 0.704. The fraction of sp³-hybridized carbons (Fsp3) is 0.556. The van der Waals surface area contributed by atoms with Crippen LogP contribution in [0, 0.1) is 0 Å². The molecule has 1 aliphatic rings. The Morgan fingerprint density at radius 2 is 2.19 bits per heavy atom. The van der Waals surface area contributed by atoms with Crippen LogP contribution in [-0.2, 0) is 11.2 Å². The highest BCUT2D eigenvalue weighted by molar-refractivity contribution is 7.13. The van der Waals surface area contributed by atoms with Crippen LogP contribution in [0.2, 0.25) is 0 Å². The van der Waals surface area contributed by atoms with E-state index in [4.69, 9.17) is 4.74 Å². The number of carboxylic acid groups (broad SMARTS) is 1. The molecule has 2 heterocycles. The highest BCUT2D eigenvalue weighted by atomic mass is 32.1. The number of halogens is 3. The molecule has 0 aromatic carbocycles. The lowest BCUT2D eigenvalue weighted by molar-refractivity contribution is -0.137. The molecule has 3 N–H and O–H groups in total. The summed E-state index contributed by atoms with van der Waals surface area (Å²) >= 11 is 1.26. The quantitative estimate of drug-likeness (QED) is 0.552. The molecule has 0 spiro atoms. The van der Waals surface area contributed by atoms with Crippen molar-refractivity contribution in [3.8, 4) is 5.06 Å². The van der Waals surface area contributed by atoms with E-state index in [-0.39, 0.29) is 18.2 Å². The van der Waals surface area contributed by atoms with Crippen LogP contribution in [0.1, 0.15) is 42.3 Å². The number of rotatable bonds is 8. The van der Waals surface area contributed by atoms with Crippen molar-refractivity contribution in [2.45, 2.75) is 50.2 Å². The van der Waals surface area contributed by atoms with Gasteiger partial charge in [0, 0.05) is 30.3 Å². The number of anilines is 1. The molecular weight excluding hydrogens is 439 g/mol. The summed E-state index contributed by atoms with van der Waals surface area (Å²) in [6, 6.07) is 1.17. The number of methoxy groups -OCH3 is 1. The zero-order valence-corrected chi connectivity index (χ0v) is 17.4. The maximum absolute atomic E-state index is 12.5. The Kier molecular flexibility index (Phi) is 7.03. The molecular formula is C18H22F3N5O4S. The van der Waals surface area contributed by atoms with E-state index in [0.717, 1.165) is 4.90 Å². The molecule has 3 rings (SSSR count). The molecule has 2 aromatic rings. The second kappa shape index (κ2) is 9.54. The van der Waals surface area contributed by atoms with Gasteiger partial charge in [0.05, 0.1) is 26.1 Å². The lowest BCUT2D eigenvalue weighted by Gasteiger charge is -2.26. The van der Waals surface area contributed by atoms with Gasteiger partial charge >= 0.3 is 12.3 Å². The Bertz CT molecular complexity index is 916. The molecule has 0 saturated heterocycles. The molecule has 1 aliphatic carbocycles. The maximum atomic E-state index is 12.5. The van der Waals surface area contributed by atoms with Gasteiger partial charge in [-0.2, -0.15) is 18.3 Å². The Hall–Kier alpha value is -2.83. The van der Waals surface area contributed by atoms with Crippen molar-refractivity contribution in [1.29, 1.82) is 0 Å². The molecule has 2 amide bonds. The van der Waals surface area contributed by atoms with E-state index in [1.807, 2.05) is 0 Å². The number of aromatic nitrogens is 3. The van der Waals surface area contributed by atoms with Crippen LogP contribution in [0.3, 0.4) is 0 Å². The number of hydrogen-bond donors (Lipinski definition) is 3. The topological polar surface area (TPSA) is 120 Å². The molecule has 0 aliphatic heterocycles. The minimum Gasteiger partial charge on any atom is -0.486 e. The first-order chi connectivity index (χ1) is 14.6. The van der Waals surface area contributed by atoms with Crippen LogP contribution in [0.4, 0.5) is 23.8 Å². The van der Waals surface area contributed by atoms with Crippen LogP contribution < -0.4 is 10.1 Å². The largest absolute Gasteiger partial charge is 0.486 e. The van der Waals surface area contributed by atoms with Gasteiger partial charge in [-0.05, 0) is 19.3 Å². The third-order valence-corrected chi connectivity index (χ3v) is 6.04. The third-order valence-electron chi connectivity index (χ3n) is 5.08. The third kappa shape index (κ3) is 6.32. The van der Waals surface area contributed by atoms with Crippen molar-refractivity contribution in [3.63, 3.8) is 0 Å². The molecule has 1 fully saturated rings. The van der Waals surface area contributed by atoms with E-state index in [2.05, 4.69) is 20.5 Å². The maximum Gasteiger partial charge on any atom is 0.407 e. The molecule has 0 bridgehead atoms. The van der Waals surface area contributed by atoms with Gasteiger partial charge in [0.1, 0.15) is 5.01 Å². The SMILES string of the molecule is COc1cnc(CC(=O)Nc2cc(C3CCC(N(CCC(F)(F)F)C(=O)O)C3)[nH]n2)s1. The molecule has 31 heavy (non-hydrogen) atoms. The van der Waals surface area contributed by atoms with E-state index in [1.165, 1.54) is 24.6 Å².